The van der Waals surface area contributed by atoms with Gasteiger partial charge in [-0.3, -0.25) is 9.78 Å². The molecule has 1 heterocycles. The summed E-state index contributed by atoms with van der Waals surface area (Å²) in [4.78, 5) is 26.4. The summed E-state index contributed by atoms with van der Waals surface area (Å²) in [5, 5.41) is 2.56. The van der Waals surface area contributed by atoms with E-state index < -0.39 is 23.7 Å². The second-order valence-electron chi connectivity index (χ2n) is 4.80. The number of aromatic nitrogens is 1. The number of alkyl halides is 3. The lowest BCUT2D eigenvalue weighted by Crippen LogP contribution is -2.23. The lowest BCUT2D eigenvalue weighted by Gasteiger charge is -2.08. The summed E-state index contributed by atoms with van der Waals surface area (Å²) in [6, 6.07) is 8.18. The van der Waals surface area contributed by atoms with Crippen molar-refractivity contribution in [2.24, 2.45) is 0 Å². The molecule has 1 amide bonds. The van der Waals surface area contributed by atoms with Crippen LogP contribution in [0.3, 0.4) is 0 Å². The number of pyridine rings is 1. The Hall–Kier alpha value is -2.90. The first-order chi connectivity index (χ1) is 11.3. The molecule has 1 N–H and O–H groups in total. The number of nitrogens with one attached hydrogen (secondary N) is 1. The maximum absolute atomic E-state index is 12.4. The number of hydrogen-bond acceptors (Lipinski definition) is 4. The molecule has 0 saturated carbocycles. The standard InChI is InChI=1S/C16H13F3N2O3/c1-24-15(23)11-4-2-10(3-5-11)8-21-14(22)12-6-7-13(20-9-12)16(17,18)19/h2-7,9H,8H2,1H3,(H,21,22). The average Bonchev–Trinajstić information content (AvgIpc) is 2.58. The van der Waals surface area contributed by atoms with Gasteiger partial charge in [0.2, 0.25) is 0 Å². The molecule has 5 nitrogen and oxygen atoms in total. The van der Waals surface area contributed by atoms with Crippen LogP contribution in [0.5, 0.6) is 0 Å². The first-order valence-corrected chi connectivity index (χ1v) is 6.80. The number of halogens is 3. The van der Waals surface area contributed by atoms with Crippen LogP contribution in [0.2, 0.25) is 0 Å². The van der Waals surface area contributed by atoms with E-state index in [0.29, 0.717) is 5.56 Å². The monoisotopic (exact) mass is 338 g/mol. The highest BCUT2D eigenvalue weighted by molar-refractivity contribution is 5.93. The molecular formula is C16H13F3N2O3. The summed E-state index contributed by atoms with van der Waals surface area (Å²) in [5.41, 5.74) is 0.0574. The van der Waals surface area contributed by atoms with Gasteiger partial charge in [-0.15, -0.1) is 0 Å². The van der Waals surface area contributed by atoms with Crippen LogP contribution in [-0.4, -0.2) is 24.0 Å². The quantitative estimate of drug-likeness (QED) is 0.871. The fraction of sp³-hybridized carbons (Fsp3) is 0.188. The number of methoxy groups -OCH3 is 1. The molecule has 0 bridgehead atoms. The number of benzene rings is 1. The van der Waals surface area contributed by atoms with Crippen LogP contribution in [0, 0.1) is 0 Å². The molecule has 0 atom stereocenters. The summed E-state index contributed by atoms with van der Waals surface area (Å²) in [6.45, 7) is 0.154. The fourth-order valence-electron chi connectivity index (χ4n) is 1.86. The van der Waals surface area contributed by atoms with Crippen LogP contribution in [0.1, 0.15) is 32.0 Å². The number of hydrogen-bond donors (Lipinski definition) is 1. The molecule has 0 saturated heterocycles. The topological polar surface area (TPSA) is 68.3 Å². The molecule has 0 fully saturated rings. The maximum Gasteiger partial charge on any atom is 0.433 e. The number of carbonyl (C=O) groups is 2. The van der Waals surface area contributed by atoms with Gasteiger partial charge >= 0.3 is 12.1 Å². The van der Waals surface area contributed by atoms with Crippen LogP contribution in [-0.2, 0) is 17.5 Å². The molecule has 0 radical (unpaired) electrons. The fourth-order valence-corrected chi connectivity index (χ4v) is 1.86. The lowest BCUT2D eigenvalue weighted by molar-refractivity contribution is -0.141. The van der Waals surface area contributed by atoms with E-state index in [1.807, 2.05) is 0 Å². The van der Waals surface area contributed by atoms with Gasteiger partial charge < -0.3 is 10.1 Å². The largest absolute Gasteiger partial charge is 0.465 e. The zero-order chi connectivity index (χ0) is 17.7. The molecule has 0 unspecified atom stereocenters. The van der Waals surface area contributed by atoms with Crippen molar-refractivity contribution in [3.63, 3.8) is 0 Å². The minimum Gasteiger partial charge on any atom is -0.465 e. The van der Waals surface area contributed by atoms with Gasteiger partial charge in [0, 0.05) is 12.7 Å². The molecule has 1 aromatic carbocycles. The van der Waals surface area contributed by atoms with Crippen molar-refractivity contribution in [2.45, 2.75) is 12.7 Å². The summed E-state index contributed by atoms with van der Waals surface area (Å²) in [7, 11) is 1.27. The van der Waals surface area contributed by atoms with E-state index in [0.717, 1.165) is 23.9 Å². The van der Waals surface area contributed by atoms with Crippen LogP contribution in [0.25, 0.3) is 0 Å². The van der Waals surface area contributed by atoms with E-state index in [1.165, 1.54) is 7.11 Å². The summed E-state index contributed by atoms with van der Waals surface area (Å²) in [5.74, 6) is -1.02. The van der Waals surface area contributed by atoms with E-state index in [-0.39, 0.29) is 12.1 Å². The van der Waals surface area contributed by atoms with Gasteiger partial charge in [0.15, 0.2) is 0 Å². The first-order valence-electron chi connectivity index (χ1n) is 6.80. The third-order valence-electron chi connectivity index (χ3n) is 3.14. The predicted octanol–water partition coefficient (Wildman–Crippen LogP) is 2.82. The van der Waals surface area contributed by atoms with Crippen LogP contribution < -0.4 is 5.32 Å². The lowest BCUT2D eigenvalue weighted by atomic mass is 10.1. The molecule has 1 aromatic heterocycles. The SMILES string of the molecule is COC(=O)c1ccc(CNC(=O)c2ccc(C(F)(F)F)nc2)cc1. The van der Waals surface area contributed by atoms with E-state index in [2.05, 4.69) is 15.0 Å². The third kappa shape index (κ3) is 4.31. The van der Waals surface area contributed by atoms with E-state index in [4.69, 9.17) is 0 Å². The Morgan fingerprint density at radius 2 is 1.71 bits per heavy atom. The van der Waals surface area contributed by atoms with Crippen molar-refractivity contribution in [1.29, 1.82) is 0 Å². The Bertz CT molecular complexity index is 726. The van der Waals surface area contributed by atoms with Crippen molar-refractivity contribution in [3.8, 4) is 0 Å². The first kappa shape index (κ1) is 17.5. The molecule has 0 spiro atoms. The zero-order valence-corrected chi connectivity index (χ0v) is 12.6. The predicted molar refractivity (Wildman–Crippen MR) is 78.2 cm³/mol. The van der Waals surface area contributed by atoms with Crippen molar-refractivity contribution in [1.82, 2.24) is 10.3 Å². The molecule has 24 heavy (non-hydrogen) atoms. The second-order valence-corrected chi connectivity index (χ2v) is 4.80. The Kier molecular flexibility index (Phi) is 5.18. The van der Waals surface area contributed by atoms with Gasteiger partial charge in [-0.25, -0.2) is 4.79 Å². The number of esters is 1. The van der Waals surface area contributed by atoms with Crippen molar-refractivity contribution >= 4 is 11.9 Å². The average molecular weight is 338 g/mol. The van der Waals surface area contributed by atoms with Crippen LogP contribution >= 0.6 is 0 Å². The summed E-state index contributed by atoms with van der Waals surface area (Å²) in [6.07, 6.45) is -3.67. The maximum atomic E-state index is 12.4. The minimum atomic E-state index is -4.55. The molecule has 8 heteroatoms. The highest BCUT2D eigenvalue weighted by Gasteiger charge is 2.32. The number of ether oxygens (including phenoxy) is 1. The van der Waals surface area contributed by atoms with Crippen molar-refractivity contribution in [2.75, 3.05) is 7.11 Å². The van der Waals surface area contributed by atoms with E-state index in [1.54, 1.807) is 24.3 Å². The van der Waals surface area contributed by atoms with Crippen LogP contribution in [0.15, 0.2) is 42.6 Å². The zero-order valence-electron chi connectivity index (χ0n) is 12.6. The number of nitrogens with zero attached hydrogens (tertiary/aromatic N) is 1. The van der Waals surface area contributed by atoms with E-state index in [9.17, 15) is 22.8 Å². The van der Waals surface area contributed by atoms with E-state index >= 15 is 0 Å². The molecule has 0 aliphatic carbocycles. The third-order valence-corrected chi connectivity index (χ3v) is 3.14. The summed E-state index contributed by atoms with van der Waals surface area (Å²) >= 11 is 0. The molecular weight excluding hydrogens is 325 g/mol. The highest BCUT2D eigenvalue weighted by atomic mass is 19.4. The van der Waals surface area contributed by atoms with Gasteiger partial charge in [0.1, 0.15) is 5.69 Å². The Morgan fingerprint density at radius 1 is 1.08 bits per heavy atom. The van der Waals surface area contributed by atoms with Gasteiger partial charge in [-0.1, -0.05) is 12.1 Å². The molecule has 2 aromatic rings. The van der Waals surface area contributed by atoms with Gasteiger partial charge in [-0.2, -0.15) is 13.2 Å². The van der Waals surface area contributed by atoms with Gasteiger partial charge in [-0.05, 0) is 29.8 Å². The minimum absolute atomic E-state index is 0.0224. The van der Waals surface area contributed by atoms with Crippen molar-refractivity contribution < 1.29 is 27.5 Å². The molecule has 2 rings (SSSR count). The smallest absolute Gasteiger partial charge is 0.433 e. The normalized spacial score (nSPS) is 11.0. The highest BCUT2D eigenvalue weighted by Crippen LogP contribution is 2.27. The number of amides is 1. The van der Waals surface area contributed by atoms with Crippen LogP contribution in [0.4, 0.5) is 13.2 Å². The Morgan fingerprint density at radius 3 is 2.21 bits per heavy atom. The van der Waals surface area contributed by atoms with Gasteiger partial charge in [0.05, 0.1) is 18.2 Å². The molecule has 0 aliphatic heterocycles. The number of carbonyl (C=O) groups excluding carboxylic acids is 2. The summed E-state index contributed by atoms with van der Waals surface area (Å²) < 4.78 is 41.8. The molecule has 0 aliphatic rings. The van der Waals surface area contributed by atoms with Crippen molar-refractivity contribution in [3.05, 3.63) is 65.0 Å². The van der Waals surface area contributed by atoms with Gasteiger partial charge in [0.25, 0.3) is 5.91 Å². The Balaban J connectivity index is 1.96. The Labute approximate surface area is 135 Å². The number of rotatable bonds is 4. The second kappa shape index (κ2) is 7.12. The molecule has 126 valence electrons.